The Morgan fingerprint density at radius 1 is 0.906 bits per heavy atom. The lowest BCUT2D eigenvalue weighted by Crippen LogP contribution is -2.31. The summed E-state index contributed by atoms with van der Waals surface area (Å²) < 4.78 is 31.3. The fraction of sp³-hybridized carbons (Fsp3) is 0.167. The fourth-order valence-corrected chi connectivity index (χ4v) is 4.02. The molecule has 7 nitrogen and oxygen atoms in total. The summed E-state index contributed by atoms with van der Waals surface area (Å²) in [4.78, 5) is 24.8. The van der Waals surface area contributed by atoms with Crippen molar-refractivity contribution in [3.63, 3.8) is 0 Å². The minimum atomic E-state index is -3.66. The second-order valence-corrected chi connectivity index (χ2v) is 8.93. The van der Waals surface area contributed by atoms with Gasteiger partial charge in [0.05, 0.1) is 36.2 Å². The van der Waals surface area contributed by atoms with Crippen LogP contribution in [0.2, 0.25) is 0 Å². The molecule has 0 aliphatic heterocycles. The van der Waals surface area contributed by atoms with E-state index in [2.05, 4.69) is 5.32 Å². The Morgan fingerprint density at radius 2 is 1.53 bits per heavy atom. The highest BCUT2D eigenvalue weighted by atomic mass is 32.2. The van der Waals surface area contributed by atoms with Crippen molar-refractivity contribution in [1.82, 2.24) is 0 Å². The van der Waals surface area contributed by atoms with Crippen LogP contribution >= 0.6 is 0 Å². The first-order valence-corrected chi connectivity index (χ1v) is 11.8. The van der Waals surface area contributed by atoms with Gasteiger partial charge in [0.2, 0.25) is 10.0 Å². The van der Waals surface area contributed by atoms with Crippen LogP contribution in [0.1, 0.15) is 33.2 Å². The number of nitrogens with zero attached hydrogens (tertiary/aromatic N) is 1. The van der Waals surface area contributed by atoms with Crippen molar-refractivity contribution in [2.75, 3.05) is 22.5 Å². The van der Waals surface area contributed by atoms with E-state index in [-0.39, 0.29) is 24.4 Å². The number of benzene rings is 3. The summed E-state index contributed by atoms with van der Waals surface area (Å²) >= 11 is 0. The van der Waals surface area contributed by atoms with E-state index in [0.29, 0.717) is 11.3 Å². The molecule has 3 aromatic rings. The van der Waals surface area contributed by atoms with E-state index < -0.39 is 21.9 Å². The number of hydrogen-bond acceptors (Lipinski definition) is 5. The van der Waals surface area contributed by atoms with E-state index in [1.54, 1.807) is 55.5 Å². The van der Waals surface area contributed by atoms with Crippen molar-refractivity contribution in [3.8, 4) is 0 Å². The van der Waals surface area contributed by atoms with Gasteiger partial charge in [-0.15, -0.1) is 0 Å². The molecule has 166 valence electrons. The van der Waals surface area contributed by atoms with Crippen molar-refractivity contribution in [1.29, 1.82) is 0 Å². The van der Waals surface area contributed by atoms with Crippen molar-refractivity contribution in [2.24, 2.45) is 0 Å². The van der Waals surface area contributed by atoms with Gasteiger partial charge in [0.1, 0.15) is 0 Å². The maximum absolute atomic E-state index is 13.0. The van der Waals surface area contributed by atoms with Crippen LogP contribution in [0, 0.1) is 0 Å². The van der Waals surface area contributed by atoms with Gasteiger partial charge in [-0.1, -0.05) is 42.5 Å². The van der Waals surface area contributed by atoms with Crippen molar-refractivity contribution in [2.45, 2.75) is 13.5 Å². The van der Waals surface area contributed by atoms with Gasteiger partial charge in [-0.05, 0) is 48.9 Å². The molecule has 1 amide bonds. The van der Waals surface area contributed by atoms with E-state index in [1.165, 1.54) is 4.31 Å². The number of amides is 1. The summed E-state index contributed by atoms with van der Waals surface area (Å²) in [6, 6.07) is 22.0. The van der Waals surface area contributed by atoms with Crippen LogP contribution in [0.15, 0.2) is 78.9 Å². The Hall–Kier alpha value is -3.65. The quantitative estimate of drug-likeness (QED) is 0.520. The molecule has 0 saturated carbocycles. The minimum absolute atomic E-state index is 0.0954. The first kappa shape index (κ1) is 23.0. The lowest BCUT2D eigenvalue weighted by Gasteiger charge is -2.24. The maximum Gasteiger partial charge on any atom is 0.338 e. The number of para-hydroxylation sites is 1. The molecule has 3 rings (SSSR count). The topological polar surface area (TPSA) is 92.8 Å². The summed E-state index contributed by atoms with van der Waals surface area (Å²) in [6.45, 7) is 2.09. The standard InChI is InChI=1S/C24H24N2O5S/c1-3-31-24(28)19-13-15-20(16-14-19)25-23(27)21-11-7-8-12-22(21)26(32(2,29)30)17-18-9-5-4-6-10-18/h4-16H,3,17H2,1-2H3,(H,25,27). The molecule has 0 atom stereocenters. The highest BCUT2D eigenvalue weighted by Crippen LogP contribution is 2.26. The third kappa shape index (κ3) is 5.73. The van der Waals surface area contributed by atoms with Crippen LogP contribution in [0.4, 0.5) is 11.4 Å². The Balaban J connectivity index is 1.87. The van der Waals surface area contributed by atoms with E-state index >= 15 is 0 Å². The molecule has 0 spiro atoms. The van der Waals surface area contributed by atoms with Gasteiger partial charge in [0, 0.05) is 5.69 Å². The molecule has 0 unspecified atom stereocenters. The molecule has 0 radical (unpaired) electrons. The Bertz CT molecular complexity index is 1190. The zero-order valence-electron chi connectivity index (χ0n) is 17.8. The Kier molecular flexibility index (Phi) is 7.27. The fourth-order valence-electron chi connectivity index (χ4n) is 3.12. The molecule has 8 heteroatoms. The molecule has 0 aliphatic carbocycles. The Morgan fingerprint density at radius 3 is 2.16 bits per heavy atom. The smallest absolute Gasteiger partial charge is 0.338 e. The molecular weight excluding hydrogens is 428 g/mol. The van der Waals surface area contributed by atoms with Gasteiger partial charge in [0.15, 0.2) is 0 Å². The van der Waals surface area contributed by atoms with Crippen LogP contribution in [-0.2, 0) is 21.3 Å². The molecule has 0 saturated heterocycles. The molecular formula is C24H24N2O5S. The molecule has 3 aromatic carbocycles. The van der Waals surface area contributed by atoms with Crippen LogP contribution in [0.25, 0.3) is 0 Å². The van der Waals surface area contributed by atoms with Gasteiger partial charge in [0.25, 0.3) is 5.91 Å². The third-order valence-electron chi connectivity index (χ3n) is 4.64. The van der Waals surface area contributed by atoms with Crippen molar-refractivity contribution >= 4 is 33.3 Å². The zero-order valence-corrected chi connectivity index (χ0v) is 18.6. The van der Waals surface area contributed by atoms with Gasteiger partial charge in [-0.2, -0.15) is 0 Å². The molecule has 0 bridgehead atoms. The lowest BCUT2D eigenvalue weighted by molar-refractivity contribution is 0.0526. The first-order chi connectivity index (χ1) is 15.3. The number of carbonyl (C=O) groups excluding carboxylic acids is 2. The van der Waals surface area contributed by atoms with E-state index in [1.807, 2.05) is 30.3 Å². The summed E-state index contributed by atoms with van der Waals surface area (Å²) in [5, 5.41) is 2.75. The molecule has 32 heavy (non-hydrogen) atoms. The average Bonchev–Trinajstić information content (AvgIpc) is 2.78. The normalized spacial score (nSPS) is 10.9. The van der Waals surface area contributed by atoms with E-state index in [0.717, 1.165) is 11.8 Å². The predicted octanol–water partition coefficient (Wildman–Crippen LogP) is 4.08. The summed E-state index contributed by atoms with van der Waals surface area (Å²) in [7, 11) is -3.66. The second-order valence-electron chi connectivity index (χ2n) is 7.02. The number of esters is 1. The van der Waals surface area contributed by atoms with Crippen LogP contribution in [0.5, 0.6) is 0 Å². The van der Waals surface area contributed by atoms with Crippen molar-refractivity contribution < 1.29 is 22.7 Å². The van der Waals surface area contributed by atoms with E-state index in [9.17, 15) is 18.0 Å². The number of ether oxygens (including phenoxy) is 1. The molecule has 0 heterocycles. The highest BCUT2D eigenvalue weighted by Gasteiger charge is 2.23. The number of nitrogens with one attached hydrogen (secondary N) is 1. The van der Waals surface area contributed by atoms with Gasteiger partial charge in [-0.25, -0.2) is 13.2 Å². The Labute approximate surface area is 187 Å². The second kappa shape index (κ2) is 10.1. The van der Waals surface area contributed by atoms with Crippen LogP contribution < -0.4 is 9.62 Å². The lowest BCUT2D eigenvalue weighted by atomic mass is 10.1. The highest BCUT2D eigenvalue weighted by molar-refractivity contribution is 7.92. The van der Waals surface area contributed by atoms with Gasteiger partial charge in [-0.3, -0.25) is 9.10 Å². The number of anilines is 2. The zero-order chi connectivity index (χ0) is 23.1. The third-order valence-corrected chi connectivity index (χ3v) is 5.77. The number of rotatable bonds is 8. The van der Waals surface area contributed by atoms with E-state index in [4.69, 9.17) is 4.74 Å². The summed E-state index contributed by atoms with van der Waals surface area (Å²) in [6.07, 6.45) is 1.11. The van der Waals surface area contributed by atoms with Gasteiger partial charge >= 0.3 is 5.97 Å². The number of sulfonamides is 1. The number of carbonyl (C=O) groups is 2. The molecule has 0 fully saturated rings. The van der Waals surface area contributed by atoms with Crippen LogP contribution in [0.3, 0.4) is 0 Å². The molecule has 1 N–H and O–H groups in total. The number of hydrogen-bond donors (Lipinski definition) is 1. The largest absolute Gasteiger partial charge is 0.462 e. The average molecular weight is 453 g/mol. The summed E-state index contributed by atoms with van der Waals surface area (Å²) in [5.41, 5.74) is 2.12. The molecule has 0 aromatic heterocycles. The minimum Gasteiger partial charge on any atom is -0.462 e. The van der Waals surface area contributed by atoms with Crippen molar-refractivity contribution in [3.05, 3.63) is 95.6 Å². The SMILES string of the molecule is CCOC(=O)c1ccc(NC(=O)c2ccccc2N(Cc2ccccc2)S(C)(=O)=O)cc1. The van der Waals surface area contributed by atoms with Gasteiger partial charge < -0.3 is 10.1 Å². The molecule has 0 aliphatic rings. The van der Waals surface area contributed by atoms with Crippen LogP contribution in [-0.4, -0.2) is 33.2 Å². The maximum atomic E-state index is 13.0. The first-order valence-electron chi connectivity index (χ1n) is 9.99. The summed E-state index contributed by atoms with van der Waals surface area (Å²) in [5.74, 6) is -0.911. The monoisotopic (exact) mass is 452 g/mol. The predicted molar refractivity (Wildman–Crippen MR) is 124 cm³/mol.